The molecule has 1 amide bonds. The Hall–Kier alpha value is -4.70. The molecule has 0 radical (unpaired) electrons. The summed E-state index contributed by atoms with van der Waals surface area (Å²) in [6, 6.07) is 32.6. The molecule has 3 N–H and O–H groups in total. The number of hydrogen-bond donors (Lipinski definition) is 3. The van der Waals surface area contributed by atoms with E-state index in [1.165, 1.54) is 0 Å². The number of aliphatic hydroxyl groups is 1. The highest BCUT2D eigenvalue weighted by molar-refractivity contribution is 6.30. The van der Waals surface area contributed by atoms with E-state index in [2.05, 4.69) is 10.9 Å². The van der Waals surface area contributed by atoms with Crippen molar-refractivity contribution in [2.75, 3.05) is 19.8 Å². The Balaban J connectivity index is 1.47. The molecule has 50 heavy (non-hydrogen) atoms. The minimum atomic E-state index is -1.52. The van der Waals surface area contributed by atoms with Crippen LogP contribution in [0.25, 0.3) is 11.1 Å². The van der Waals surface area contributed by atoms with Gasteiger partial charge >= 0.3 is 5.97 Å². The second-order valence-electron chi connectivity index (χ2n) is 13.1. The molecule has 10 heteroatoms. The molecular formula is C40H44ClN3O6. The fourth-order valence-corrected chi connectivity index (χ4v) is 5.77. The number of hydrazine groups is 1. The third kappa shape index (κ3) is 9.72. The van der Waals surface area contributed by atoms with Crippen LogP contribution in [0.4, 0.5) is 0 Å². The van der Waals surface area contributed by atoms with E-state index in [1.54, 1.807) is 32.9 Å². The average molecular weight is 698 g/mol. The zero-order valence-electron chi connectivity index (χ0n) is 28.7. The third-order valence-corrected chi connectivity index (χ3v) is 8.39. The van der Waals surface area contributed by atoms with E-state index in [4.69, 9.17) is 35.9 Å². The number of nitrogens with one attached hydrogen (secondary N) is 2. The SMILES string of the molecule is CC(C)(C)OC(=O)CC[C@]1(C(=O)NNCCc2ccc(Cl)cc2)N=C(c2ccc(OCCCO)cc2)O[C@H]1c1ccc(-c2ccccc2)cc1. The summed E-state index contributed by atoms with van der Waals surface area (Å²) < 4.78 is 17.9. The molecule has 5 rings (SSSR count). The number of halogens is 1. The smallest absolute Gasteiger partial charge is 0.306 e. The van der Waals surface area contributed by atoms with Crippen molar-refractivity contribution in [2.24, 2.45) is 4.99 Å². The van der Waals surface area contributed by atoms with Crippen LogP contribution in [0.1, 0.15) is 62.8 Å². The van der Waals surface area contributed by atoms with Crippen LogP contribution >= 0.6 is 11.6 Å². The minimum absolute atomic E-state index is 0.0313. The zero-order chi connectivity index (χ0) is 35.6. The number of amides is 1. The molecular weight excluding hydrogens is 654 g/mol. The summed E-state index contributed by atoms with van der Waals surface area (Å²) in [6.07, 6.45) is 0.272. The molecule has 0 aliphatic carbocycles. The van der Waals surface area contributed by atoms with Crippen LogP contribution in [0.2, 0.25) is 5.02 Å². The highest BCUT2D eigenvalue weighted by Crippen LogP contribution is 2.44. The first-order valence-electron chi connectivity index (χ1n) is 16.8. The number of rotatable bonds is 15. The van der Waals surface area contributed by atoms with Crippen molar-refractivity contribution in [1.82, 2.24) is 10.9 Å². The number of aliphatic hydroxyl groups excluding tert-OH is 1. The highest BCUT2D eigenvalue weighted by atomic mass is 35.5. The van der Waals surface area contributed by atoms with E-state index in [0.717, 1.165) is 22.3 Å². The Morgan fingerprint density at radius 2 is 1.56 bits per heavy atom. The summed E-state index contributed by atoms with van der Waals surface area (Å²) >= 11 is 6.04. The van der Waals surface area contributed by atoms with Crippen molar-refractivity contribution in [1.29, 1.82) is 0 Å². The molecule has 1 aliphatic rings. The molecule has 0 bridgehead atoms. The predicted molar refractivity (Wildman–Crippen MR) is 195 cm³/mol. The van der Waals surface area contributed by atoms with Crippen LogP contribution in [-0.4, -0.2) is 53.8 Å². The van der Waals surface area contributed by atoms with Crippen molar-refractivity contribution < 1.29 is 28.9 Å². The topological polar surface area (TPSA) is 118 Å². The number of carbonyl (C=O) groups excluding carboxylic acids is 2. The first kappa shape index (κ1) is 36.6. The number of carbonyl (C=O) groups is 2. The van der Waals surface area contributed by atoms with Crippen LogP contribution in [0, 0.1) is 0 Å². The average Bonchev–Trinajstić information content (AvgIpc) is 3.51. The van der Waals surface area contributed by atoms with Crippen LogP contribution < -0.4 is 15.6 Å². The van der Waals surface area contributed by atoms with E-state index in [0.29, 0.717) is 42.3 Å². The van der Waals surface area contributed by atoms with Crippen molar-refractivity contribution in [3.63, 3.8) is 0 Å². The summed E-state index contributed by atoms with van der Waals surface area (Å²) in [5.41, 5.74) is 8.22. The molecule has 0 spiro atoms. The molecule has 4 aromatic carbocycles. The number of ether oxygens (including phenoxy) is 3. The van der Waals surface area contributed by atoms with Gasteiger partial charge in [0.15, 0.2) is 11.6 Å². The molecule has 1 aliphatic heterocycles. The largest absolute Gasteiger partial charge is 0.494 e. The number of hydrogen-bond acceptors (Lipinski definition) is 8. The fourth-order valence-electron chi connectivity index (χ4n) is 5.65. The van der Waals surface area contributed by atoms with E-state index in [1.807, 2.05) is 91.0 Å². The van der Waals surface area contributed by atoms with Gasteiger partial charge in [-0.05, 0) is 92.3 Å². The van der Waals surface area contributed by atoms with E-state index in [-0.39, 0.29) is 25.3 Å². The summed E-state index contributed by atoms with van der Waals surface area (Å²) in [6.45, 7) is 6.29. The van der Waals surface area contributed by atoms with Crippen molar-refractivity contribution in [3.05, 3.63) is 125 Å². The number of aliphatic imine (C=N–C) groups is 1. The minimum Gasteiger partial charge on any atom is -0.494 e. The second-order valence-corrected chi connectivity index (χ2v) is 13.6. The molecule has 1 heterocycles. The quantitative estimate of drug-likeness (QED) is 0.0695. The van der Waals surface area contributed by atoms with Gasteiger partial charge in [-0.15, -0.1) is 0 Å². The Bertz CT molecular complexity index is 1740. The number of benzene rings is 4. The number of esters is 1. The predicted octanol–water partition coefficient (Wildman–Crippen LogP) is 7.01. The maximum Gasteiger partial charge on any atom is 0.306 e. The Morgan fingerprint density at radius 1 is 0.900 bits per heavy atom. The van der Waals surface area contributed by atoms with Gasteiger partial charge in [0.05, 0.1) is 6.61 Å². The first-order valence-corrected chi connectivity index (χ1v) is 17.2. The maximum absolute atomic E-state index is 14.4. The Kier molecular flexibility index (Phi) is 12.3. The van der Waals surface area contributed by atoms with Gasteiger partial charge in [0.2, 0.25) is 5.90 Å². The monoisotopic (exact) mass is 697 g/mol. The van der Waals surface area contributed by atoms with E-state index >= 15 is 0 Å². The van der Waals surface area contributed by atoms with Crippen LogP contribution in [0.5, 0.6) is 5.75 Å². The van der Waals surface area contributed by atoms with Gasteiger partial charge in [-0.3, -0.25) is 15.0 Å². The highest BCUT2D eigenvalue weighted by Gasteiger charge is 2.53. The van der Waals surface area contributed by atoms with E-state index < -0.39 is 29.1 Å². The summed E-state index contributed by atoms with van der Waals surface area (Å²) in [5.74, 6) is 0.0250. The molecule has 0 aromatic heterocycles. The fraction of sp³-hybridized carbons (Fsp3) is 0.325. The van der Waals surface area contributed by atoms with Crippen molar-refractivity contribution in [3.8, 4) is 16.9 Å². The molecule has 9 nitrogen and oxygen atoms in total. The molecule has 2 atom stereocenters. The molecule has 0 saturated carbocycles. The van der Waals surface area contributed by atoms with Gasteiger partial charge in [-0.2, -0.15) is 0 Å². The standard InChI is InChI=1S/C40H44ClN3O6/c1-39(2,3)50-35(46)22-24-40(38(47)44-42-25-23-28-10-18-33(41)19-11-28)36(31-14-12-30(13-15-31)29-8-5-4-6-9-29)49-37(43-40)32-16-20-34(21-17-32)48-27-7-26-45/h4-6,8-21,36,42,45H,7,22-27H2,1-3H3,(H,44,47)/t36-,40-/m0/s1. The lowest BCUT2D eigenvalue weighted by Crippen LogP contribution is -2.53. The maximum atomic E-state index is 14.4. The van der Waals surface area contributed by atoms with Gasteiger partial charge in [0.25, 0.3) is 5.91 Å². The Morgan fingerprint density at radius 3 is 2.22 bits per heavy atom. The molecule has 0 saturated heterocycles. The summed E-state index contributed by atoms with van der Waals surface area (Å²) in [4.78, 5) is 32.5. The third-order valence-electron chi connectivity index (χ3n) is 8.13. The van der Waals surface area contributed by atoms with Gasteiger partial charge in [-0.25, -0.2) is 10.4 Å². The molecule has 0 unspecified atom stereocenters. The molecule has 0 fully saturated rings. The molecule has 262 valence electrons. The Labute approximate surface area is 298 Å². The van der Waals surface area contributed by atoms with Gasteiger partial charge < -0.3 is 19.3 Å². The van der Waals surface area contributed by atoms with Crippen LogP contribution in [0.3, 0.4) is 0 Å². The lowest BCUT2D eigenvalue weighted by molar-refractivity contribution is -0.155. The summed E-state index contributed by atoms with van der Waals surface area (Å²) in [7, 11) is 0. The normalized spacial score (nSPS) is 17.1. The lowest BCUT2D eigenvalue weighted by atomic mass is 9.83. The van der Waals surface area contributed by atoms with Crippen molar-refractivity contribution >= 4 is 29.4 Å². The second kappa shape index (κ2) is 16.8. The van der Waals surface area contributed by atoms with Crippen molar-refractivity contribution in [2.45, 2.75) is 63.7 Å². The number of nitrogens with zero attached hydrogens (tertiary/aromatic N) is 1. The summed E-state index contributed by atoms with van der Waals surface area (Å²) in [5, 5.41) is 9.75. The van der Waals surface area contributed by atoms with E-state index in [9.17, 15) is 9.59 Å². The van der Waals surface area contributed by atoms with Crippen LogP contribution in [0.15, 0.2) is 108 Å². The zero-order valence-corrected chi connectivity index (χ0v) is 29.4. The lowest BCUT2D eigenvalue weighted by Gasteiger charge is -2.31. The van der Waals surface area contributed by atoms with Gasteiger partial charge in [-0.1, -0.05) is 78.3 Å². The molecule has 4 aromatic rings. The van der Waals surface area contributed by atoms with Gasteiger partial charge in [0, 0.05) is 36.6 Å². The first-order chi connectivity index (χ1) is 24.1. The van der Waals surface area contributed by atoms with Gasteiger partial charge in [0.1, 0.15) is 11.4 Å². The van der Waals surface area contributed by atoms with Crippen LogP contribution in [-0.2, 0) is 25.5 Å².